The normalized spacial score (nSPS) is 13.1. The van der Waals surface area contributed by atoms with E-state index >= 15 is 0 Å². The fourth-order valence-corrected chi connectivity index (χ4v) is 80.9. The summed E-state index contributed by atoms with van der Waals surface area (Å²) < 4.78 is 0. The van der Waals surface area contributed by atoms with Crippen LogP contribution in [0.3, 0.4) is 0 Å². The van der Waals surface area contributed by atoms with Crippen molar-refractivity contribution in [1.29, 1.82) is 0 Å². The summed E-state index contributed by atoms with van der Waals surface area (Å²) in [7, 11) is 1.47. The molecule has 0 heterocycles. The highest BCUT2D eigenvalue weighted by molar-refractivity contribution is 8.65. The Morgan fingerprint density at radius 2 is 0.524 bits per heavy atom. The van der Waals surface area contributed by atoms with Crippen molar-refractivity contribution < 1.29 is 0 Å². The largest absolute Gasteiger partial charge is 0.160 e. The summed E-state index contributed by atoms with van der Waals surface area (Å²) in [5, 5.41) is 0. The third kappa shape index (κ3) is 4.96. The maximum Gasteiger partial charge on any atom is 0.160 e. The van der Waals surface area contributed by atoms with Crippen molar-refractivity contribution in [3.63, 3.8) is 0 Å². The van der Waals surface area contributed by atoms with Crippen LogP contribution in [0.5, 0.6) is 0 Å². The SMILES string of the molecule is CCP(CC)[Si](P(CC)CC)(P(CC)CC)P(CC)CC. The van der Waals surface area contributed by atoms with Crippen molar-refractivity contribution >= 4 is 36.6 Å². The minimum atomic E-state index is -1.05. The predicted octanol–water partition coefficient (Wildman–Crippen LogP) is 7.51. The highest BCUT2D eigenvalue weighted by Crippen LogP contribution is 2.86. The second-order valence-corrected chi connectivity index (χ2v) is 37.9. The van der Waals surface area contributed by atoms with E-state index in [-0.39, 0.29) is 0 Å². The molecule has 0 aliphatic carbocycles. The van der Waals surface area contributed by atoms with Gasteiger partial charge in [0.2, 0.25) is 0 Å². The molecular weight excluding hydrogens is 344 g/mol. The Bertz CT molecular complexity index is 193. The topological polar surface area (TPSA) is 0 Å². The van der Waals surface area contributed by atoms with Crippen molar-refractivity contribution in [2.75, 3.05) is 49.3 Å². The minimum Gasteiger partial charge on any atom is -0.105 e. The Labute approximate surface area is 141 Å². The zero-order valence-electron chi connectivity index (χ0n) is 15.9. The zero-order valence-corrected chi connectivity index (χ0v) is 20.5. The van der Waals surface area contributed by atoms with Crippen LogP contribution in [0.2, 0.25) is 0 Å². The molecule has 0 fully saturated rings. The molecule has 0 N–H and O–H groups in total. The van der Waals surface area contributed by atoms with Gasteiger partial charge in [-0.15, -0.1) is 29.9 Å². The number of hydrogen-bond donors (Lipinski definition) is 0. The Morgan fingerprint density at radius 1 is 0.381 bits per heavy atom. The van der Waals surface area contributed by atoms with Gasteiger partial charge in [0.1, 0.15) is 0 Å². The fraction of sp³-hybridized carbons (Fsp3) is 1.00. The quantitative estimate of drug-likeness (QED) is 0.241. The zero-order chi connectivity index (χ0) is 16.5. The van der Waals surface area contributed by atoms with E-state index in [9.17, 15) is 0 Å². The van der Waals surface area contributed by atoms with Crippen molar-refractivity contribution in [2.24, 2.45) is 0 Å². The monoisotopic (exact) mass is 384 g/mol. The molecule has 0 bridgehead atoms. The average molecular weight is 384 g/mol. The van der Waals surface area contributed by atoms with E-state index in [0.29, 0.717) is 29.9 Å². The molecule has 0 saturated carbocycles. The first-order valence-electron chi connectivity index (χ1n) is 9.08. The highest BCUT2D eigenvalue weighted by atomic mass is 32.1. The van der Waals surface area contributed by atoms with Crippen molar-refractivity contribution in [3.8, 4) is 0 Å². The van der Waals surface area contributed by atoms with Crippen LogP contribution < -0.4 is 0 Å². The van der Waals surface area contributed by atoms with Gasteiger partial charge in [-0.05, 0) is 49.3 Å². The van der Waals surface area contributed by atoms with Crippen LogP contribution in [0.15, 0.2) is 0 Å². The second kappa shape index (κ2) is 12.3. The van der Waals surface area contributed by atoms with Crippen LogP contribution in [0.25, 0.3) is 0 Å². The van der Waals surface area contributed by atoms with Gasteiger partial charge in [0.15, 0.2) is 6.74 Å². The molecule has 21 heavy (non-hydrogen) atoms. The molecule has 0 unspecified atom stereocenters. The van der Waals surface area contributed by atoms with Crippen molar-refractivity contribution in [2.45, 2.75) is 55.4 Å². The lowest BCUT2D eigenvalue weighted by Crippen LogP contribution is -2.34. The Morgan fingerprint density at radius 3 is 0.619 bits per heavy atom. The number of hydrogen-bond acceptors (Lipinski definition) is 0. The molecule has 0 nitrogen and oxygen atoms in total. The number of rotatable bonds is 12. The molecule has 5 heteroatoms. The van der Waals surface area contributed by atoms with E-state index in [1.54, 1.807) is 0 Å². The maximum atomic E-state index is 2.54. The molecule has 0 spiro atoms. The maximum absolute atomic E-state index is 2.54. The average Bonchev–Trinajstić information content (AvgIpc) is 2.51. The van der Waals surface area contributed by atoms with Crippen molar-refractivity contribution in [1.82, 2.24) is 0 Å². The molecule has 0 aromatic heterocycles. The predicted molar refractivity (Wildman–Crippen MR) is 118 cm³/mol. The first-order valence-corrected chi connectivity index (χ1v) is 21.3. The summed E-state index contributed by atoms with van der Waals surface area (Å²) >= 11 is 0. The molecule has 0 aliphatic heterocycles. The van der Waals surface area contributed by atoms with Gasteiger partial charge in [-0.2, -0.15) is 0 Å². The van der Waals surface area contributed by atoms with Gasteiger partial charge >= 0.3 is 0 Å². The van der Waals surface area contributed by atoms with Crippen LogP contribution in [0, 0.1) is 0 Å². The summed E-state index contributed by atoms with van der Waals surface area (Å²) in [4.78, 5) is 0. The van der Waals surface area contributed by atoms with Crippen LogP contribution in [-0.4, -0.2) is 56.0 Å². The van der Waals surface area contributed by atoms with Gasteiger partial charge in [0, 0.05) is 0 Å². The summed E-state index contributed by atoms with van der Waals surface area (Å²) in [6.07, 6.45) is 12.3. The van der Waals surface area contributed by atoms with Gasteiger partial charge in [-0.3, -0.25) is 0 Å². The van der Waals surface area contributed by atoms with Crippen LogP contribution >= 0.6 is 29.9 Å². The summed E-state index contributed by atoms with van der Waals surface area (Å²) in [6.45, 7) is 19.2. The van der Waals surface area contributed by atoms with Gasteiger partial charge in [0.05, 0.1) is 0 Å². The summed E-state index contributed by atoms with van der Waals surface area (Å²) in [6, 6.07) is 0. The summed E-state index contributed by atoms with van der Waals surface area (Å²) in [5.74, 6) is 0. The van der Waals surface area contributed by atoms with E-state index in [0.717, 1.165) is 0 Å². The van der Waals surface area contributed by atoms with Crippen LogP contribution in [-0.2, 0) is 0 Å². The molecule has 128 valence electrons. The Balaban J connectivity index is 6.15. The standard InChI is InChI=1S/C16H40P4Si/c1-9-17(10-2)21(18(11-3)12-4,19(13-5)14-6)20(15-7)16-8/h9-16H2,1-8H3. The second-order valence-electron chi connectivity index (χ2n) is 5.29. The third-order valence-corrected chi connectivity index (χ3v) is 62.6. The third-order valence-electron chi connectivity index (χ3n) is 4.75. The molecule has 0 atom stereocenters. The molecule has 0 saturated heterocycles. The molecule has 0 aromatic carbocycles. The molecule has 0 aliphatic rings. The van der Waals surface area contributed by atoms with E-state index in [2.05, 4.69) is 55.4 Å². The Kier molecular flexibility index (Phi) is 13.5. The molecule has 0 rings (SSSR count). The summed E-state index contributed by atoms with van der Waals surface area (Å²) in [5.41, 5.74) is 0. The molecule has 0 radical (unpaired) electrons. The van der Waals surface area contributed by atoms with E-state index in [4.69, 9.17) is 0 Å². The Hall–Kier alpha value is 1.94. The van der Waals surface area contributed by atoms with E-state index < -0.39 is 6.74 Å². The molecule has 0 amide bonds. The van der Waals surface area contributed by atoms with Crippen LogP contribution in [0.4, 0.5) is 0 Å². The van der Waals surface area contributed by atoms with Gasteiger partial charge in [-0.25, -0.2) is 0 Å². The van der Waals surface area contributed by atoms with Crippen LogP contribution in [0.1, 0.15) is 55.4 Å². The lowest BCUT2D eigenvalue weighted by atomic mass is 11.0. The van der Waals surface area contributed by atoms with Gasteiger partial charge < -0.3 is 0 Å². The lowest BCUT2D eigenvalue weighted by Gasteiger charge is -2.54. The van der Waals surface area contributed by atoms with E-state index in [1.165, 1.54) is 49.3 Å². The first kappa shape index (κ1) is 22.9. The van der Waals surface area contributed by atoms with Gasteiger partial charge in [-0.1, -0.05) is 55.4 Å². The minimum absolute atomic E-state index is 0.368. The van der Waals surface area contributed by atoms with Crippen molar-refractivity contribution in [3.05, 3.63) is 0 Å². The highest BCUT2D eigenvalue weighted by Gasteiger charge is 2.53. The smallest absolute Gasteiger partial charge is 0.105 e. The first-order chi connectivity index (χ1) is 10.1. The van der Waals surface area contributed by atoms with E-state index in [1.807, 2.05) is 0 Å². The lowest BCUT2D eigenvalue weighted by molar-refractivity contribution is 1.41. The van der Waals surface area contributed by atoms with Gasteiger partial charge in [0.25, 0.3) is 0 Å². The molecule has 0 aromatic rings. The molecular formula is C16H40P4Si. The fourth-order valence-electron chi connectivity index (χ4n) is 3.79.